The summed E-state index contributed by atoms with van der Waals surface area (Å²) in [5, 5.41) is 12.1. The summed E-state index contributed by atoms with van der Waals surface area (Å²) in [5.74, 6) is -0.866. The Kier molecular flexibility index (Phi) is 4.12. The minimum Gasteiger partial charge on any atom is -0.481 e. The molecule has 1 aliphatic rings. The van der Waals surface area contributed by atoms with Gasteiger partial charge in [0, 0.05) is 19.0 Å². The SMILES string of the molecule is Cl.O=C(O)C1CNCC1c1ccccc1. The van der Waals surface area contributed by atoms with Crippen LogP contribution >= 0.6 is 12.4 Å². The summed E-state index contributed by atoms with van der Waals surface area (Å²) in [6.45, 7) is 1.34. The Morgan fingerprint density at radius 2 is 1.93 bits per heavy atom. The zero-order valence-corrected chi connectivity index (χ0v) is 9.04. The lowest BCUT2D eigenvalue weighted by atomic mass is 9.89. The van der Waals surface area contributed by atoms with E-state index in [0.717, 1.165) is 12.1 Å². The van der Waals surface area contributed by atoms with Crippen molar-refractivity contribution in [2.45, 2.75) is 5.92 Å². The number of carbonyl (C=O) groups is 1. The molecule has 0 amide bonds. The molecule has 1 aromatic carbocycles. The summed E-state index contributed by atoms with van der Waals surface area (Å²) in [7, 11) is 0. The molecule has 0 aromatic heterocycles. The van der Waals surface area contributed by atoms with Gasteiger partial charge in [-0.1, -0.05) is 30.3 Å². The van der Waals surface area contributed by atoms with Crippen LogP contribution in [0, 0.1) is 5.92 Å². The molecule has 82 valence electrons. The van der Waals surface area contributed by atoms with Gasteiger partial charge in [0.15, 0.2) is 0 Å². The van der Waals surface area contributed by atoms with E-state index in [-0.39, 0.29) is 24.2 Å². The molecule has 0 aliphatic carbocycles. The van der Waals surface area contributed by atoms with Gasteiger partial charge < -0.3 is 10.4 Å². The van der Waals surface area contributed by atoms with Crippen LogP contribution in [0.5, 0.6) is 0 Å². The zero-order chi connectivity index (χ0) is 9.97. The molecule has 1 aromatic rings. The minimum absolute atomic E-state index is 0. The van der Waals surface area contributed by atoms with Crippen LogP contribution in [0.1, 0.15) is 11.5 Å². The molecule has 1 heterocycles. The van der Waals surface area contributed by atoms with Crippen molar-refractivity contribution in [3.05, 3.63) is 35.9 Å². The molecule has 2 N–H and O–H groups in total. The molecule has 2 atom stereocenters. The average Bonchev–Trinajstić information content (AvgIpc) is 2.67. The van der Waals surface area contributed by atoms with Gasteiger partial charge >= 0.3 is 5.97 Å². The standard InChI is InChI=1S/C11H13NO2.ClH/c13-11(14)10-7-12-6-9(10)8-4-2-1-3-5-8;/h1-5,9-10,12H,6-7H2,(H,13,14);1H. The maximum Gasteiger partial charge on any atom is 0.308 e. The first-order chi connectivity index (χ1) is 6.79. The molecule has 0 saturated carbocycles. The van der Waals surface area contributed by atoms with Crippen molar-refractivity contribution in [1.29, 1.82) is 0 Å². The quantitative estimate of drug-likeness (QED) is 0.805. The summed E-state index contributed by atoms with van der Waals surface area (Å²) in [4.78, 5) is 10.9. The highest BCUT2D eigenvalue weighted by atomic mass is 35.5. The number of hydrogen-bond acceptors (Lipinski definition) is 2. The number of halogens is 1. The first-order valence-electron chi connectivity index (χ1n) is 4.77. The lowest BCUT2D eigenvalue weighted by Gasteiger charge is -2.14. The fourth-order valence-corrected chi connectivity index (χ4v) is 1.99. The Labute approximate surface area is 94.9 Å². The van der Waals surface area contributed by atoms with Gasteiger partial charge in [0.25, 0.3) is 0 Å². The van der Waals surface area contributed by atoms with Crippen LogP contribution < -0.4 is 5.32 Å². The smallest absolute Gasteiger partial charge is 0.308 e. The van der Waals surface area contributed by atoms with E-state index in [2.05, 4.69) is 5.32 Å². The number of benzene rings is 1. The maximum atomic E-state index is 10.9. The van der Waals surface area contributed by atoms with Gasteiger partial charge in [-0.2, -0.15) is 0 Å². The zero-order valence-electron chi connectivity index (χ0n) is 8.22. The monoisotopic (exact) mass is 227 g/mol. The van der Waals surface area contributed by atoms with E-state index >= 15 is 0 Å². The molecular weight excluding hydrogens is 214 g/mol. The molecule has 1 aliphatic heterocycles. The second kappa shape index (κ2) is 5.14. The van der Waals surface area contributed by atoms with E-state index in [0.29, 0.717) is 6.54 Å². The molecule has 0 spiro atoms. The fourth-order valence-electron chi connectivity index (χ4n) is 1.99. The maximum absolute atomic E-state index is 10.9. The van der Waals surface area contributed by atoms with E-state index in [4.69, 9.17) is 5.11 Å². The first-order valence-corrected chi connectivity index (χ1v) is 4.77. The lowest BCUT2D eigenvalue weighted by Crippen LogP contribution is -2.20. The molecule has 15 heavy (non-hydrogen) atoms. The number of nitrogens with one attached hydrogen (secondary N) is 1. The van der Waals surface area contributed by atoms with Crippen LogP contribution in [0.2, 0.25) is 0 Å². The largest absolute Gasteiger partial charge is 0.481 e. The van der Waals surface area contributed by atoms with Crippen LogP contribution in [-0.2, 0) is 4.79 Å². The van der Waals surface area contributed by atoms with Crippen molar-refractivity contribution in [3.63, 3.8) is 0 Å². The minimum atomic E-state index is -0.705. The number of carboxylic acid groups (broad SMARTS) is 1. The van der Waals surface area contributed by atoms with Gasteiger partial charge in [-0.15, -0.1) is 12.4 Å². The van der Waals surface area contributed by atoms with Crippen molar-refractivity contribution in [3.8, 4) is 0 Å². The number of carboxylic acids is 1. The van der Waals surface area contributed by atoms with E-state index in [1.807, 2.05) is 30.3 Å². The summed E-state index contributed by atoms with van der Waals surface area (Å²) < 4.78 is 0. The van der Waals surface area contributed by atoms with Crippen molar-refractivity contribution in [1.82, 2.24) is 5.32 Å². The Hall–Kier alpha value is -1.06. The Morgan fingerprint density at radius 1 is 1.27 bits per heavy atom. The molecule has 0 bridgehead atoms. The van der Waals surface area contributed by atoms with Gasteiger partial charge in [0.05, 0.1) is 5.92 Å². The topological polar surface area (TPSA) is 49.3 Å². The highest BCUT2D eigenvalue weighted by Crippen LogP contribution is 2.27. The van der Waals surface area contributed by atoms with E-state index in [1.54, 1.807) is 0 Å². The highest BCUT2D eigenvalue weighted by molar-refractivity contribution is 5.85. The van der Waals surface area contributed by atoms with Gasteiger partial charge in [-0.05, 0) is 5.56 Å². The number of hydrogen-bond donors (Lipinski definition) is 2. The summed E-state index contributed by atoms with van der Waals surface area (Å²) >= 11 is 0. The van der Waals surface area contributed by atoms with Crippen molar-refractivity contribution >= 4 is 18.4 Å². The second-order valence-corrected chi connectivity index (χ2v) is 3.62. The van der Waals surface area contributed by atoms with E-state index in [1.165, 1.54) is 0 Å². The predicted molar refractivity (Wildman–Crippen MR) is 60.4 cm³/mol. The predicted octanol–water partition coefficient (Wildman–Crippen LogP) is 1.50. The van der Waals surface area contributed by atoms with Gasteiger partial charge in [-0.3, -0.25) is 4.79 Å². The average molecular weight is 228 g/mol. The van der Waals surface area contributed by atoms with E-state index in [9.17, 15) is 4.79 Å². The third kappa shape index (κ3) is 2.49. The number of rotatable bonds is 2. The molecule has 1 fully saturated rings. The van der Waals surface area contributed by atoms with Crippen molar-refractivity contribution in [2.24, 2.45) is 5.92 Å². The van der Waals surface area contributed by atoms with Gasteiger partial charge in [-0.25, -0.2) is 0 Å². The molecule has 4 heteroatoms. The van der Waals surface area contributed by atoms with Crippen LogP contribution in [0.3, 0.4) is 0 Å². The summed E-state index contributed by atoms with van der Waals surface area (Å²) in [6, 6.07) is 9.84. The Morgan fingerprint density at radius 3 is 2.53 bits per heavy atom. The summed E-state index contributed by atoms with van der Waals surface area (Å²) in [6.07, 6.45) is 0. The number of aliphatic carboxylic acids is 1. The first kappa shape index (κ1) is 12.0. The summed E-state index contributed by atoms with van der Waals surface area (Å²) in [5.41, 5.74) is 1.12. The second-order valence-electron chi connectivity index (χ2n) is 3.62. The molecule has 3 nitrogen and oxygen atoms in total. The third-order valence-corrected chi connectivity index (χ3v) is 2.76. The normalized spacial score (nSPS) is 24.5. The molecular formula is C11H14ClNO2. The third-order valence-electron chi connectivity index (χ3n) is 2.76. The van der Waals surface area contributed by atoms with Crippen LogP contribution in [0.4, 0.5) is 0 Å². The van der Waals surface area contributed by atoms with Crippen molar-refractivity contribution < 1.29 is 9.90 Å². The van der Waals surface area contributed by atoms with Crippen LogP contribution in [0.25, 0.3) is 0 Å². The van der Waals surface area contributed by atoms with Gasteiger partial charge in [0.2, 0.25) is 0 Å². The van der Waals surface area contributed by atoms with Crippen molar-refractivity contribution in [2.75, 3.05) is 13.1 Å². The lowest BCUT2D eigenvalue weighted by molar-refractivity contribution is -0.141. The molecule has 1 saturated heterocycles. The van der Waals surface area contributed by atoms with Crippen LogP contribution in [-0.4, -0.2) is 24.2 Å². The highest BCUT2D eigenvalue weighted by Gasteiger charge is 2.33. The van der Waals surface area contributed by atoms with Crippen LogP contribution in [0.15, 0.2) is 30.3 Å². The van der Waals surface area contributed by atoms with Gasteiger partial charge in [0.1, 0.15) is 0 Å². The molecule has 2 unspecified atom stereocenters. The Bertz CT molecular complexity index is 329. The molecule has 2 rings (SSSR count). The Balaban J connectivity index is 0.00000112. The molecule has 0 radical (unpaired) electrons. The fraction of sp³-hybridized carbons (Fsp3) is 0.364. The van der Waals surface area contributed by atoms with E-state index < -0.39 is 5.97 Å².